The third-order valence-corrected chi connectivity index (χ3v) is 8.58. The minimum atomic E-state index is -1.52. The third kappa shape index (κ3) is 6.95. The van der Waals surface area contributed by atoms with E-state index in [-0.39, 0.29) is 26.7 Å². The lowest BCUT2D eigenvalue weighted by Gasteiger charge is -2.17. The van der Waals surface area contributed by atoms with Crippen LogP contribution >= 0.6 is 58.2 Å². The van der Waals surface area contributed by atoms with Crippen LogP contribution < -0.4 is 10.6 Å². The van der Waals surface area contributed by atoms with Gasteiger partial charge in [-0.3, -0.25) is 19.7 Å². The number of carbonyl (C=O) groups is 3. The van der Waals surface area contributed by atoms with Crippen molar-refractivity contribution in [1.82, 2.24) is 0 Å². The topological polar surface area (TPSA) is 139 Å². The van der Waals surface area contributed by atoms with Gasteiger partial charge in [-0.25, -0.2) is 4.79 Å². The first-order chi connectivity index (χ1) is 18.3. The van der Waals surface area contributed by atoms with Crippen molar-refractivity contribution >= 4 is 93.0 Å². The number of nitrogens with zero attached hydrogens (tertiary/aromatic N) is 1. The van der Waals surface area contributed by atoms with E-state index in [0.717, 1.165) is 0 Å². The highest BCUT2D eigenvalue weighted by atomic mass is 35.5. The molecule has 0 bridgehead atoms. The number of hydrogen-bond acceptors (Lipinski definition) is 6. The molecule has 3 N–H and O–H groups in total. The fourth-order valence-electron chi connectivity index (χ4n) is 3.49. The summed E-state index contributed by atoms with van der Waals surface area (Å²) in [6.07, 6.45) is 0.457. The number of amides is 2. The fraction of sp³-hybridized carbons (Fsp3) is 0.160. The molecule has 0 radical (unpaired) electrons. The molecule has 3 rings (SSSR count). The highest BCUT2D eigenvalue weighted by molar-refractivity contribution is 8.00. The summed E-state index contributed by atoms with van der Waals surface area (Å²) in [6, 6.07) is 10.7. The van der Waals surface area contributed by atoms with Crippen LogP contribution in [0, 0.1) is 17.0 Å². The number of halogens is 4. The smallest absolute Gasteiger partial charge is 0.338 e. The predicted molar refractivity (Wildman–Crippen MR) is 154 cm³/mol. The number of benzene rings is 3. The zero-order chi connectivity index (χ0) is 29.0. The molecular formula is C25H19Cl4N3O6S. The van der Waals surface area contributed by atoms with Crippen molar-refractivity contribution in [2.75, 3.05) is 10.6 Å². The van der Waals surface area contributed by atoms with Gasteiger partial charge in [-0.15, -0.1) is 11.8 Å². The molecule has 14 heteroatoms. The van der Waals surface area contributed by atoms with Crippen LogP contribution in [-0.2, 0) is 4.79 Å². The van der Waals surface area contributed by atoms with Gasteiger partial charge in [0, 0.05) is 28.4 Å². The van der Waals surface area contributed by atoms with E-state index >= 15 is 0 Å². The van der Waals surface area contributed by atoms with E-state index in [1.54, 1.807) is 31.2 Å². The van der Waals surface area contributed by atoms with Gasteiger partial charge in [0.25, 0.3) is 11.6 Å². The monoisotopic (exact) mass is 629 g/mol. The minimum Gasteiger partial charge on any atom is -0.478 e. The maximum atomic E-state index is 13.0. The number of anilines is 2. The lowest BCUT2D eigenvalue weighted by Crippen LogP contribution is -2.25. The van der Waals surface area contributed by atoms with Gasteiger partial charge in [0.15, 0.2) is 0 Å². The van der Waals surface area contributed by atoms with E-state index in [9.17, 15) is 29.6 Å². The summed E-state index contributed by atoms with van der Waals surface area (Å²) in [6.45, 7) is 3.49. The molecule has 0 aliphatic carbocycles. The second-order valence-electron chi connectivity index (χ2n) is 8.05. The summed E-state index contributed by atoms with van der Waals surface area (Å²) in [7, 11) is 0. The second-order valence-corrected chi connectivity index (χ2v) is 10.8. The molecule has 9 nitrogen and oxygen atoms in total. The Labute approximate surface area is 246 Å². The van der Waals surface area contributed by atoms with E-state index in [2.05, 4.69) is 10.6 Å². The number of rotatable bonds is 9. The van der Waals surface area contributed by atoms with Crippen molar-refractivity contribution in [3.05, 3.63) is 89.4 Å². The summed E-state index contributed by atoms with van der Waals surface area (Å²) >= 11 is 25.4. The molecule has 3 aromatic carbocycles. The van der Waals surface area contributed by atoms with E-state index in [1.165, 1.54) is 30.0 Å². The molecule has 2 amide bonds. The summed E-state index contributed by atoms with van der Waals surface area (Å²) in [5.74, 6) is -2.70. The molecule has 0 aliphatic heterocycles. The van der Waals surface area contributed by atoms with Crippen molar-refractivity contribution in [3.8, 4) is 0 Å². The van der Waals surface area contributed by atoms with Gasteiger partial charge in [-0.2, -0.15) is 0 Å². The van der Waals surface area contributed by atoms with E-state index < -0.39 is 38.2 Å². The number of nitro benzene ring substituents is 1. The second kappa shape index (κ2) is 12.9. The molecule has 0 heterocycles. The highest BCUT2D eigenvalue weighted by Gasteiger charge is 2.29. The molecule has 39 heavy (non-hydrogen) atoms. The largest absolute Gasteiger partial charge is 0.478 e. The van der Waals surface area contributed by atoms with Crippen LogP contribution in [0.5, 0.6) is 0 Å². The van der Waals surface area contributed by atoms with Crippen LogP contribution in [0.25, 0.3) is 0 Å². The fourth-order valence-corrected chi connectivity index (χ4v) is 5.52. The molecule has 0 aliphatic rings. The van der Waals surface area contributed by atoms with Crippen molar-refractivity contribution in [3.63, 3.8) is 0 Å². The molecule has 1 unspecified atom stereocenters. The Hall–Kier alpha value is -3.02. The Kier molecular flexibility index (Phi) is 10.1. The number of nitrogens with one attached hydrogen (secondary N) is 2. The maximum Gasteiger partial charge on any atom is 0.338 e. The number of carboxylic acid groups (broad SMARTS) is 1. The number of thioether (sulfide) groups is 1. The average molecular weight is 631 g/mol. The van der Waals surface area contributed by atoms with Crippen molar-refractivity contribution < 1.29 is 24.4 Å². The maximum absolute atomic E-state index is 13.0. The Morgan fingerprint density at radius 3 is 2.18 bits per heavy atom. The molecule has 0 spiro atoms. The zero-order valence-corrected chi connectivity index (χ0v) is 24.0. The Morgan fingerprint density at radius 2 is 1.62 bits per heavy atom. The van der Waals surface area contributed by atoms with Gasteiger partial charge in [0.05, 0.1) is 41.4 Å². The number of carbonyl (C=O) groups excluding carboxylic acids is 2. The number of nitro groups is 1. The molecule has 0 fully saturated rings. The van der Waals surface area contributed by atoms with E-state index in [0.29, 0.717) is 28.3 Å². The number of carboxylic acids is 1. The Bertz CT molecular complexity index is 1500. The van der Waals surface area contributed by atoms with Crippen LogP contribution in [0.3, 0.4) is 0 Å². The Balaban J connectivity index is 1.80. The molecule has 204 valence electrons. The summed E-state index contributed by atoms with van der Waals surface area (Å²) in [5.41, 5.74) is 0.169. The standard InChI is InChI=1S/C25H19Cl4N3O6S/c1-3-16(23(33)31-15-8-7-13(32(37)38)9-11(15)2)39-14-6-4-5-12(10-14)30-24(34)17-18(25(35)36)20(27)22(29)21(28)19(17)26/h4-10,16H,3H2,1-2H3,(H,30,34)(H,31,33)(H,35,36). The predicted octanol–water partition coefficient (Wildman–Crippen LogP) is 7.98. The molecule has 1 atom stereocenters. The average Bonchev–Trinajstić information content (AvgIpc) is 2.88. The summed E-state index contributed by atoms with van der Waals surface area (Å²) < 4.78 is 0. The molecule has 0 aromatic heterocycles. The SMILES string of the molecule is CCC(Sc1cccc(NC(=O)c2c(Cl)c(Cl)c(Cl)c(Cl)c2C(=O)O)c1)C(=O)Nc1ccc([N+](=O)[O-])cc1C. The first-order valence-corrected chi connectivity index (χ1v) is 13.5. The van der Waals surface area contributed by atoms with Gasteiger partial charge in [0.2, 0.25) is 5.91 Å². The first kappa shape index (κ1) is 30.5. The summed E-state index contributed by atoms with van der Waals surface area (Å²) in [4.78, 5) is 48.9. The molecule has 0 saturated carbocycles. The number of aryl methyl sites for hydroxylation is 1. The number of aromatic carboxylic acids is 1. The van der Waals surface area contributed by atoms with Gasteiger partial charge < -0.3 is 15.7 Å². The van der Waals surface area contributed by atoms with Gasteiger partial charge in [-0.05, 0) is 43.2 Å². The van der Waals surface area contributed by atoms with Gasteiger partial charge in [0.1, 0.15) is 0 Å². The van der Waals surface area contributed by atoms with Crippen LogP contribution in [0.2, 0.25) is 20.1 Å². The molecular weight excluding hydrogens is 612 g/mol. The lowest BCUT2D eigenvalue weighted by molar-refractivity contribution is -0.384. The Morgan fingerprint density at radius 1 is 0.974 bits per heavy atom. The number of hydrogen-bond donors (Lipinski definition) is 3. The molecule has 3 aromatic rings. The van der Waals surface area contributed by atoms with Crippen molar-refractivity contribution in [2.24, 2.45) is 0 Å². The third-order valence-electron chi connectivity index (χ3n) is 5.42. The quantitative estimate of drug-likeness (QED) is 0.0716. The van der Waals surface area contributed by atoms with E-state index in [4.69, 9.17) is 46.4 Å². The molecule has 0 saturated heterocycles. The van der Waals surface area contributed by atoms with Gasteiger partial charge >= 0.3 is 5.97 Å². The minimum absolute atomic E-state index is 0.0781. The van der Waals surface area contributed by atoms with Crippen LogP contribution in [0.4, 0.5) is 17.1 Å². The zero-order valence-electron chi connectivity index (χ0n) is 20.2. The van der Waals surface area contributed by atoms with Crippen LogP contribution in [0.15, 0.2) is 47.4 Å². The van der Waals surface area contributed by atoms with Gasteiger partial charge in [-0.1, -0.05) is 59.4 Å². The van der Waals surface area contributed by atoms with Crippen molar-refractivity contribution in [2.45, 2.75) is 30.4 Å². The lowest BCUT2D eigenvalue weighted by atomic mass is 10.1. The van der Waals surface area contributed by atoms with Crippen LogP contribution in [0.1, 0.15) is 39.6 Å². The highest BCUT2D eigenvalue weighted by Crippen LogP contribution is 2.42. The van der Waals surface area contributed by atoms with Crippen molar-refractivity contribution in [1.29, 1.82) is 0 Å². The van der Waals surface area contributed by atoms with Crippen LogP contribution in [-0.4, -0.2) is 33.1 Å². The van der Waals surface area contributed by atoms with E-state index in [1.807, 2.05) is 6.92 Å². The summed E-state index contributed by atoms with van der Waals surface area (Å²) in [5, 5.41) is 24.1. The number of non-ortho nitro benzene ring substituents is 1. The first-order valence-electron chi connectivity index (χ1n) is 11.1. The normalized spacial score (nSPS) is 11.5.